The van der Waals surface area contributed by atoms with E-state index >= 15 is 0 Å². The molecule has 0 aliphatic rings. The van der Waals surface area contributed by atoms with Crippen LogP contribution in [-0.4, -0.2) is 11.5 Å². The first-order valence-corrected chi connectivity index (χ1v) is 6.53. The van der Waals surface area contributed by atoms with Crippen molar-refractivity contribution < 1.29 is 8.78 Å². The summed E-state index contributed by atoms with van der Waals surface area (Å²) < 4.78 is 26.7. The van der Waals surface area contributed by atoms with Crippen molar-refractivity contribution in [2.24, 2.45) is 5.92 Å². The largest absolute Gasteiger partial charge is 0.385 e. The Labute approximate surface area is 111 Å². The monoisotopic (exact) mass is 264 g/mol. The predicted molar refractivity (Wildman–Crippen MR) is 74.4 cm³/mol. The van der Waals surface area contributed by atoms with Crippen molar-refractivity contribution in [2.75, 3.05) is 11.9 Å². The Morgan fingerprint density at radius 2 is 1.84 bits per heavy atom. The van der Waals surface area contributed by atoms with Crippen molar-refractivity contribution >= 4 is 16.6 Å². The van der Waals surface area contributed by atoms with Crippen LogP contribution in [-0.2, 0) is 6.42 Å². The number of nitrogens with one attached hydrogen (secondary N) is 1. The second-order valence-corrected chi connectivity index (χ2v) is 5.07. The number of aromatic nitrogens is 1. The topological polar surface area (TPSA) is 24.9 Å². The SMILES string of the molecule is CCNc1cc(CC(C)C)nc2cc(F)c(F)cc12. The number of anilines is 1. The van der Waals surface area contributed by atoms with Gasteiger partial charge in [0.2, 0.25) is 0 Å². The first kappa shape index (κ1) is 13.7. The summed E-state index contributed by atoms with van der Waals surface area (Å²) >= 11 is 0. The summed E-state index contributed by atoms with van der Waals surface area (Å²) in [4.78, 5) is 4.41. The van der Waals surface area contributed by atoms with Crippen LogP contribution in [0, 0.1) is 17.6 Å². The van der Waals surface area contributed by atoms with E-state index in [-0.39, 0.29) is 0 Å². The van der Waals surface area contributed by atoms with Gasteiger partial charge in [-0.25, -0.2) is 8.78 Å². The van der Waals surface area contributed by atoms with E-state index in [2.05, 4.69) is 24.1 Å². The normalized spacial score (nSPS) is 11.3. The molecule has 1 heterocycles. The van der Waals surface area contributed by atoms with E-state index in [1.165, 1.54) is 6.07 Å². The fourth-order valence-electron chi connectivity index (χ4n) is 2.14. The molecule has 0 fully saturated rings. The Hall–Kier alpha value is -1.71. The van der Waals surface area contributed by atoms with Gasteiger partial charge in [-0.1, -0.05) is 13.8 Å². The van der Waals surface area contributed by atoms with Crippen molar-refractivity contribution in [3.63, 3.8) is 0 Å². The van der Waals surface area contributed by atoms with Gasteiger partial charge in [0.15, 0.2) is 11.6 Å². The molecule has 0 aliphatic carbocycles. The highest BCUT2D eigenvalue weighted by Gasteiger charge is 2.11. The molecule has 1 aromatic carbocycles. The maximum atomic E-state index is 13.3. The molecular weight excluding hydrogens is 246 g/mol. The zero-order chi connectivity index (χ0) is 14.0. The van der Waals surface area contributed by atoms with Gasteiger partial charge in [-0.2, -0.15) is 0 Å². The van der Waals surface area contributed by atoms with Gasteiger partial charge in [-0.15, -0.1) is 0 Å². The highest BCUT2D eigenvalue weighted by molar-refractivity contribution is 5.91. The molecule has 0 unspecified atom stereocenters. The number of fused-ring (bicyclic) bond motifs is 1. The van der Waals surface area contributed by atoms with Gasteiger partial charge in [0.05, 0.1) is 5.52 Å². The quantitative estimate of drug-likeness (QED) is 0.897. The van der Waals surface area contributed by atoms with Crippen LogP contribution in [0.4, 0.5) is 14.5 Å². The second kappa shape index (κ2) is 5.51. The number of hydrogen-bond acceptors (Lipinski definition) is 2. The Morgan fingerprint density at radius 3 is 2.47 bits per heavy atom. The fraction of sp³-hybridized carbons (Fsp3) is 0.400. The maximum Gasteiger partial charge on any atom is 0.161 e. The fourth-order valence-corrected chi connectivity index (χ4v) is 2.14. The molecule has 2 rings (SSSR count). The lowest BCUT2D eigenvalue weighted by molar-refractivity contribution is 0.510. The van der Waals surface area contributed by atoms with E-state index in [1.54, 1.807) is 0 Å². The average Bonchev–Trinajstić information content (AvgIpc) is 2.31. The van der Waals surface area contributed by atoms with E-state index in [0.717, 1.165) is 30.4 Å². The first-order chi connectivity index (χ1) is 9.01. The summed E-state index contributed by atoms with van der Waals surface area (Å²) in [5, 5.41) is 3.80. The molecule has 0 aliphatic heterocycles. The molecule has 0 atom stereocenters. The van der Waals surface area contributed by atoms with Crippen LogP contribution in [0.2, 0.25) is 0 Å². The smallest absolute Gasteiger partial charge is 0.161 e. The lowest BCUT2D eigenvalue weighted by atomic mass is 10.1. The molecule has 2 nitrogen and oxygen atoms in total. The van der Waals surface area contributed by atoms with Gasteiger partial charge in [-0.3, -0.25) is 4.98 Å². The van der Waals surface area contributed by atoms with E-state index in [0.29, 0.717) is 16.8 Å². The van der Waals surface area contributed by atoms with Crippen molar-refractivity contribution in [2.45, 2.75) is 27.2 Å². The third kappa shape index (κ3) is 3.00. The van der Waals surface area contributed by atoms with Crippen molar-refractivity contribution in [3.8, 4) is 0 Å². The van der Waals surface area contributed by atoms with Crippen LogP contribution in [0.1, 0.15) is 26.5 Å². The minimum atomic E-state index is -0.857. The van der Waals surface area contributed by atoms with Gasteiger partial charge in [0.25, 0.3) is 0 Å². The van der Waals surface area contributed by atoms with Crippen LogP contribution in [0.3, 0.4) is 0 Å². The Morgan fingerprint density at radius 1 is 1.16 bits per heavy atom. The number of benzene rings is 1. The third-order valence-electron chi connectivity index (χ3n) is 2.89. The zero-order valence-electron chi connectivity index (χ0n) is 11.4. The van der Waals surface area contributed by atoms with Crippen LogP contribution >= 0.6 is 0 Å². The summed E-state index contributed by atoms with van der Waals surface area (Å²) in [5.41, 5.74) is 2.19. The molecule has 102 valence electrons. The predicted octanol–water partition coefficient (Wildman–Crippen LogP) is 4.14. The zero-order valence-corrected chi connectivity index (χ0v) is 11.4. The van der Waals surface area contributed by atoms with Crippen LogP contribution < -0.4 is 5.32 Å². The van der Waals surface area contributed by atoms with Crippen molar-refractivity contribution in [3.05, 3.63) is 35.5 Å². The molecule has 4 heteroatoms. The van der Waals surface area contributed by atoms with Gasteiger partial charge in [0, 0.05) is 29.4 Å². The van der Waals surface area contributed by atoms with Crippen molar-refractivity contribution in [1.82, 2.24) is 4.98 Å². The number of nitrogens with zero attached hydrogens (tertiary/aromatic N) is 1. The molecule has 0 radical (unpaired) electrons. The summed E-state index contributed by atoms with van der Waals surface area (Å²) in [7, 11) is 0. The third-order valence-corrected chi connectivity index (χ3v) is 2.89. The molecular formula is C15H18F2N2. The lowest BCUT2D eigenvalue weighted by Gasteiger charge is -2.12. The maximum absolute atomic E-state index is 13.3. The van der Waals surface area contributed by atoms with E-state index in [9.17, 15) is 8.78 Å². The molecule has 19 heavy (non-hydrogen) atoms. The number of rotatable bonds is 4. The van der Waals surface area contributed by atoms with Gasteiger partial charge < -0.3 is 5.32 Å². The summed E-state index contributed by atoms with van der Waals surface area (Å²) in [5.74, 6) is -1.24. The molecule has 1 N–H and O–H groups in total. The minimum absolute atomic E-state index is 0.463. The Balaban J connectivity index is 2.61. The number of hydrogen-bond donors (Lipinski definition) is 1. The standard InChI is InChI=1S/C15H18F2N2/c1-4-18-14-6-10(5-9(2)3)19-15-8-13(17)12(16)7-11(14)15/h6-9H,4-5H2,1-3H3,(H,18,19). The molecule has 0 amide bonds. The highest BCUT2D eigenvalue weighted by Crippen LogP contribution is 2.26. The second-order valence-electron chi connectivity index (χ2n) is 5.07. The van der Waals surface area contributed by atoms with E-state index in [4.69, 9.17) is 0 Å². The van der Waals surface area contributed by atoms with E-state index in [1.807, 2.05) is 13.0 Å². The van der Waals surface area contributed by atoms with Gasteiger partial charge >= 0.3 is 0 Å². The Bertz CT molecular complexity index is 594. The first-order valence-electron chi connectivity index (χ1n) is 6.53. The minimum Gasteiger partial charge on any atom is -0.385 e. The van der Waals surface area contributed by atoms with Crippen LogP contribution in [0.25, 0.3) is 10.9 Å². The molecule has 1 aromatic heterocycles. The molecule has 0 saturated carbocycles. The lowest BCUT2D eigenvalue weighted by Crippen LogP contribution is -2.03. The van der Waals surface area contributed by atoms with E-state index < -0.39 is 11.6 Å². The highest BCUT2D eigenvalue weighted by atomic mass is 19.2. The number of halogens is 2. The Kier molecular flexibility index (Phi) is 3.98. The molecule has 0 bridgehead atoms. The van der Waals surface area contributed by atoms with Crippen LogP contribution in [0.15, 0.2) is 18.2 Å². The van der Waals surface area contributed by atoms with Gasteiger partial charge in [0.1, 0.15) is 0 Å². The molecule has 0 saturated heterocycles. The van der Waals surface area contributed by atoms with Crippen molar-refractivity contribution in [1.29, 1.82) is 0 Å². The summed E-state index contributed by atoms with van der Waals surface area (Å²) in [6.07, 6.45) is 0.813. The number of pyridine rings is 1. The summed E-state index contributed by atoms with van der Waals surface area (Å²) in [6, 6.07) is 4.29. The molecule has 2 aromatic rings. The average molecular weight is 264 g/mol. The summed E-state index contributed by atoms with van der Waals surface area (Å²) in [6.45, 7) is 6.89. The molecule has 0 spiro atoms. The van der Waals surface area contributed by atoms with Crippen LogP contribution in [0.5, 0.6) is 0 Å². The van der Waals surface area contributed by atoms with Gasteiger partial charge in [-0.05, 0) is 31.4 Å².